The summed E-state index contributed by atoms with van der Waals surface area (Å²) >= 11 is 0. The number of rotatable bonds is 2. The third kappa shape index (κ3) is 2.55. The zero-order valence-corrected chi connectivity index (χ0v) is 15.3. The van der Waals surface area contributed by atoms with Gasteiger partial charge in [-0.25, -0.2) is 0 Å². The monoisotopic (exact) mass is 355 g/mol. The van der Waals surface area contributed by atoms with Crippen molar-refractivity contribution in [3.63, 3.8) is 0 Å². The third-order valence-corrected chi connectivity index (χ3v) is 5.27. The smallest absolute Gasteiger partial charge is 0.0991 e. The second kappa shape index (κ2) is 6.68. The highest BCUT2D eigenvalue weighted by molar-refractivity contribution is 6.21. The molecule has 0 fully saturated rings. The summed E-state index contributed by atoms with van der Waals surface area (Å²) in [5, 5.41) is 14.2. The molecule has 0 bridgehead atoms. The zero-order valence-electron chi connectivity index (χ0n) is 15.3. The second-order valence-electron chi connectivity index (χ2n) is 6.90. The fourth-order valence-corrected chi connectivity index (χ4v) is 4.10. The van der Waals surface area contributed by atoms with Gasteiger partial charge in [-0.05, 0) is 55.9 Å². The first kappa shape index (κ1) is 16.3. The number of hydrogen-bond donors (Lipinski definition) is 0. The molecule has 28 heavy (non-hydrogen) atoms. The Bertz CT molecular complexity index is 1300. The molecule has 5 aromatic rings. The number of fused-ring (bicyclic) bond motifs is 2. The van der Waals surface area contributed by atoms with E-state index in [4.69, 9.17) is 0 Å². The van der Waals surface area contributed by atoms with Crippen LogP contribution in [0.5, 0.6) is 0 Å². The van der Waals surface area contributed by atoms with Crippen molar-refractivity contribution in [2.24, 2.45) is 0 Å². The van der Waals surface area contributed by atoms with Crippen LogP contribution in [0.2, 0.25) is 0 Å². The molecule has 1 nitrogen and oxygen atoms in total. The van der Waals surface area contributed by atoms with E-state index in [0.717, 1.165) is 5.56 Å². The van der Waals surface area contributed by atoms with Gasteiger partial charge in [0.25, 0.3) is 0 Å². The van der Waals surface area contributed by atoms with Gasteiger partial charge in [-0.15, -0.1) is 0 Å². The highest BCUT2D eigenvalue weighted by atomic mass is 14.2. The lowest BCUT2D eigenvalue weighted by Crippen LogP contribution is -1.90. The summed E-state index contributed by atoms with van der Waals surface area (Å²) in [6, 6.07) is 37.9. The molecular weight excluding hydrogens is 338 g/mol. The van der Waals surface area contributed by atoms with Crippen molar-refractivity contribution in [2.45, 2.75) is 0 Å². The first-order valence-electron chi connectivity index (χ1n) is 9.36. The van der Waals surface area contributed by atoms with Gasteiger partial charge in [0, 0.05) is 0 Å². The average molecular weight is 355 g/mol. The van der Waals surface area contributed by atoms with Gasteiger partial charge in [0.05, 0.1) is 11.6 Å². The van der Waals surface area contributed by atoms with Crippen LogP contribution in [0.3, 0.4) is 0 Å². The molecule has 130 valence electrons. The molecular formula is C27H17N. The first-order chi connectivity index (χ1) is 13.9. The molecule has 0 aromatic heterocycles. The van der Waals surface area contributed by atoms with Gasteiger partial charge >= 0.3 is 0 Å². The largest absolute Gasteiger partial charge is 0.192 e. The molecule has 0 aliphatic rings. The highest BCUT2D eigenvalue weighted by Gasteiger charge is 2.16. The minimum atomic E-state index is 0.679. The van der Waals surface area contributed by atoms with Crippen molar-refractivity contribution in [1.29, 1.82) is 5.26 Å². The van der Waals surface area contributed by atoms with Crippen LogP contribution in [0.25, 0.3) is 43.8 Å². The van der Waals surface area contributed by atoms with E-state index >= 15 is 0 Å². The van der Waals surface area contributed by atoms with Crippen LogP contribution < -0.4 is 0 Å². The van der Waals surface area contributed by atoms with Gasteiger partial charge in [-0.3, -0.25) is 0 Å². The number of hydrogen-bond acceptors (Lipinski definition) is 1. The number of nitriles is 1. The lowest BCUT2D eigenvalue weighted by molar-refractivity contribution is 1.48. The molecule has 0 saturated carbocycles. The van der Waals surface area contributed by atoms with Gasteiger partial charge in [0.15, 0.2) is 0 Å². The molecule has 5 rings (SSSR count). The van der Waals surface area contributed by atoms with E-state index in [9.17, 15) is 5.26 Å². The quantitative estimate of drug-likeness (QED) is 0.307. The van der Waals surface area contributed by atoms with Gasteiger partial charge in [0.1, 0.15) is 0 Å². The minimum Gasteiger partial charge on any atom is -0.192 e. The van der Waals surface area contributed by atoms with E-state index in [0.29, 0.717) is 5.56 Å². The van der Waals surface area contributed by atoms with Crippen LogP contribution >= 0.6 is 0 Å². The molecule has 0 unspecified atom stereocenters. The molecule has 0 radical (unpaired) electrons. The average Bonchev–Trinajstić information content (AvgIpc) is 2.78. The first-order valence-corrected chi connectivity index (χ1v) is 9.36. The normalized spacial score (nSPS) is 10.8. The maximum absolute atomic E-state index is 9.38. The molecule has 5 aromatic carbocycles. The van der Waals surface area contributed by atoms with E-state index < -0.39 is 0 Å². The summed E-state index contributed by atoms with van der Waals surface area (Å²) in [7, 11) is 0. The van der Waals surface area contributed by atoms with Gasteiger partial charge in [0.2, 0.25) is 0 Å². The van der Waals surface area contributed by atoms with Crippen molar-refractivity contribution in [1.82, 2.24) is 0 Å². The standard InChI is InChI=1S/C27H17N/c28-18-19-9-8-12-21(17-19)27-24-15-6-4-13-22(24)26(20-10-2-1-3-11-20)23-14-5-7-16-25(23)27/h1-17H. The molecule has 0 atom stereocenters. The second-order valence-corrected chi connectivity index (χ2v) is 6.90. The summed E-state index contributed by atoms with van der Waals surface area (Å²) in [6.07, 6.45) is 0. The van der Waals surface area contributed by atoms with Crippen molar-refractivity contribution in [3.8, 4) is 28.3 Å². The van der Waals surface area contributed by atoms with Crippen molar-refractivity contribution >= 4 is 21.5 Å². The summed E-state index contributed by atoms with van der Waals surface area (Å²) in [6.45, 7) is 0. The minimum absolute atomic E-state index is 0.679. The maximum atomic E-state index is 9.38. The van der Waals surface area contributed by atoms with Gasteiger partial charge < -0.3 is 0 Å². The zero-order chi connectivity index (χ0) is 18.9. The van der Waals surface area contributed by atoms with E-state index in [2.05, 4.69) is 91.0 Å². The van der Waals surface area contributed by atoms with E-state index in [1.807, 2.05) is 18.2 Å². The Hall–Kier alpha value is -3.89. The summed E-state index contributed by atoms with van der Waals surface area (Å²) in [5.41, 5.74) is 5.41. The Morgan fingerprint density at radius 2 is 0.929 bits per heavy atom. The van der Waals surface area contributed by atoms with Gasteiger partial charge in [-0.1, -0.05) is 91.0 Å². The SMILES string of the molecule is N#Cc1cccc(-c2c3ccccc3c(-c3ccccc3)c3ccccc23)c1. The van der Waals surface area contributed by atoms with Gasteiger partial charge in [-0.2, -0.15) is 5.26 Å². The van der Waals surface area contributed by atoms with Crippen LogP contribution in [-0.4, -0.2) is 0 Å². The predicted octanol–water partition coefficient (Wildman–Crippen LogP) is 7.20. The molecule has 0 aliphatic heterocycles. The highest BCUT2D eigenvalue weighted by Crippen LogP contribution is 2.43. The molecule has 0 aliphatic carbocycles. The summed E-state index contributed by atoms with van der Waals surface area (Å²) in [4.78, 5) is 0. The Morgan fingerprint density at radius 3 is 1.46 bits per heavy atom. The van der Waals surface area contributed by atoms with Crippen LogP contribution in [0.1, 0.15) is 5.56 Å². The van der Waals surface area contributed by atoms with Crippen LogP contribution in [0.15, 0.2) is 103 Å². The molecule has 0 amide bonds. The topological polar surface area (TPSA) is 23.8 Å². The molecule has 1 heteroatoms. The predicted molar refractivity (Wildman–Crippen MR) is 117 cm³/mol. The van der Waals surface area contributed by atoms with Crippen LogP contribution in [0, 0.1) is 11.3 Å². The van der Waals surface area contributed by atoms with Crippen molar-refractivity contribution in [2.75, 3.05) is 0 Å². The third-order valence-electron chi connectivity index (χ3n) is 5.27. The molecule has 0 saturated heterocycles. The molecule has 0 spiro atoms. The molecule has 0 heterocycles. The Labute approximate surface area is 164 Å². The Morgan fingerprint density at radius 1 is 0.464 bits per heavy atom. The lowest BCUT2D eigenvalue weighted by Gasteiger charge is -2.17. The number of benzene rings is 5. The van der Waals surface area contributed by atoms with Crippen molar-refractivity contribution in [3.05, 3.63) is 109 Å². The summed E-state index contributed by atoms with van der Waals surface area (Å²) in [5.74, 6) is 0. The summed E-state index contributed by atoms with van der Waals surface area (Å²) < 4.78 is 0. The molecule has 0 N–H and O–H groups in total. The van der Waals surface area contributed by atoms with E-state index in [1.54, 1.807) is 0 Å². The van der Waals surface area contributed by atoms with E-state index in [-0.39, 0.29) is 0 Å². The van der Waals surface area contributed by atoms with Crippen molar-refractivity contribution < 1.29 is 0 Å². The van der Waals surface area contributed by atoms with Crippen LogP contribution in [0.4, 0.5) is 0 Å². The maximum Gasteiger partial charge on any atom is 0.0991 e. The van der Waals surface area contributed by atoms with E-state index in [1.165, 1.54) is 38.2 Å². The Balaban J connectivity index is 1.99. The fourth-order valence-electron chi connectivity index (χ4n) is 4.10. The Kier molecular flexibility index (Phi) is 3.89. The number of nitrogens with zero attached hydrogens (tertiary/aromatic N) is 1. The van der Waals surface area contributed by atoms with Crippen LogP contribution in [-0.2, 0) is 0 Å². The fraction of sp³-hybridized carbons (Fsp3) is 0. The lowest BCUT2D eigenvalue weighted by atomic mass is 9.86.